The number of carbonyl (C=O) groups excluding carboxylic acids is 2. The van der Waals surface area contributed by atoms with E-state index in [1.165, 1.54) is 4.90 Å². The summed E-state index contributed by atoms with van der Waals surface area (Å²) in [7, 11) is 0. The maximum atomic E-state index is 12.2. The smallest absolute Gasteiger partial charge is 0.326 e. The summed E-state index contributed by atoms with van der Waals surface area (Å²) in [5.74, 6) is 0.657. The number of hydrogen-bond acceptors (Lipinski definition) is 5. The summed E-state index contributed by atoms with van der Waals surface area (Å²) in [5.41, 5.74) is 0.586. The van der Waals surface area contributed by atoms with Crippen molar-refractivity contribution in [2.45, 2.75) is 6.42 Å². The molecule has 2 aromatic rings. The Labute approximate surface area is 145 Å². The Hall–Kier alpha value is -3.02. The third-order valence-electron chi connectivity index (χ3n) is 3.68. The summed E-state index contributed by atoms with van der Waals surface area (Å²) in [6, 6.07) is 16.4. The molecule has 25 heavy (non-hydrogen) atoms. The average Bonchev–Trinajstić information content (AvgIpc) is 2.79. The minimum atomic E-state index is -0.485. The summed E-state index contributed by atoms with van der Waals surface area (Å²) in [6.07, 6.45) is 0.221. The Kier molecular flexibility index (Phi) is 5.51. The van der Waals surface area contributed by atoms with E-state index in [0.29, 0.717) is 23.8 Å². The summed E-state index contributed by atoms with van der Waals surface area (Å²) >= 11 is 0. The van der Waals surface area contributed by atoms with E-state index in [4.69, 9.17) is 14.2 Å². The van der Waals surface area contributed by atoms with Gasteiger partial charge in [0.25, 0.3) is 0 Å². The number of esters is 1. The highest BCUT2D eigenvalue weighted by atomic mass is 16.6. The summed E-state index contributed by atoms with van der Waals surface area (Å²) in [5, 5.41) is 0. The maximum Gasteiger partial charge on any atom is 0.326 e. The van der Waals surface area contributed by atoms with Crippen molar-refractivity contribution in [2.24, 2.45) is 0 Å². The molecule has 0 aliphatic carbocycles. The Morgan fingerprint density at radius 2 is 1.80 bits per heavy atom. The molecule has 3 rings (SSSR count). The Bertz CT molecular complexity index is 732. The van der Waals surface area contributed by atoms with Crippen LogP contribution in [0.4, 0.5) is 5.69 Å². The molecule has 0 fully saturated rings. The second-order valence-electron chi connectivity index (χ2n) is 5.43. The molecular weight excluding hydrogens is 322 g/mol. The fraction of sp³-hybridized carbons (Fsp3) is 0.263. The average molecular weight is 341 g/mol. The van der Waals surface area contributed by atoms with Crippen molar-refractivity contribution in [3.63, 3.8) is 0 Å². The number of nitrogens with zero attached hydrogens (tertiary/aromatic N) is 1. The van der Waals surface area contributed by atoms with Crippen LogP contribution in [-0.2, 0) is 14.3 Å². The number of carbonyl (C=O) groups is 2. The fourth-order valence-corrected chi connectivity index (χ4v) is 2.50. The van der Waals surface area contributed by atoms with Gasteiger partial charge in [0.15, 0.2) is 0 Å². The monoisotopic (exact) mass is 341 g/mol. The van der Waals surface area contributed by atoms with Crippen LogP contribution in [0.15, 0.2) is 54.6 Å². The SMILES string of the molecule is O=C(CN1C(=O)CCOc2ccccc21)OCCOc1ccccc1. The molecule has 2 aromatic carbocycles. The summed E-state index contributed by atoms with van der Waals surface area (Å²) < 4.78 is 16.2. The van der Waals surface area contributed by atoms with Crippen molar-refractivity contribution in [1.29, 1.82) is 0 Å². The molecule has 0 saturated heterocycles. The molecule has 0 bridgehead atoms. The molecule has 0 spiro atoms. The van der Waals surface area contributed by atoms with Crippen LogP contribution in [0.5, 0.6) is 11.5 Å². The number of para-hydroxylation sites is 3. The van der Waals surface area contributed by atoms with Crippen LogP contribution in [0.1, 0.15) is 6.42 Å². The number of hydrogen-bond donors (Lipinski definition) is 0. The molecule has 130 valence electrons. The van der Waals surface area contributed by atoms with Gasteiger partial charge >= 0.3 is 5.97 Å². The van der Waals surface area contributed by atoms with E-state index in [2.05, 4.69) is 0 Å². The van der Waals surface area contributed by atoms with Crippen molar-refractivity contribution >= 4 is 17.6 Å². The predicted octanol–water partition coefficient (Wildman–Crippen LogP) is 2.42. The van der Waals surface area contributed by atoms with Crippen LogP contribution in [0.25, 0.3) is 0 Å². The minimum absolute atomic E-state index is 0.119. The normalized spacial score (nSPS) is 13.4. The molecule has 0 unspecified atom stereocenters. The van der Waals surface area contributed by atoms with Gasteiger partial charge < -0.3 is 14.2 Å². The number of anilines is 1. The third kappa shape index (κ3) is 4.50. The van der Waals surface area contributed by atoms with Gasteiger partial charge in [0.1, 0.15) is 31.3 Å². The first-order valence-electron chi connectivity index (χ1n) is 8.10. The lowest BCUT2D eigenvalue weighted by atomic mass is 10.2. The van der Waals surface area contributed by atoms with Crippen LogP contribution in [0.2, 0.25) is 0 Å². The number of benzene rings is 2. The van der Waals surface area contributed by atoms with Crippen molar-refractivity contribution in [3.05, 3.63) is 54.6 Å². The highest BCUT2D eigenvalue weighted by Gasteiger charge is 2.25. The lowest BCUT2D eigenvalue weighted by Gasteiger charge is -2.20. The zero-order valence-electron chi connectivity index (χ0n) is 13.7. The standard InChI is InChI=1S/C19H19NO5/c21-18-10-11-24-17-9-5-4-8-16(17)20(18)14-19(22)25-13-12-23-15-6-2-1-3-7-15/h1-9H,10-14H2. The summed E-state index contributed by atoms with van der Waals surface area (Å²) in [4.78, 5) is 25.7. The van der Waals surface area contributed by atoms with Crippen LogP contribution in [0.3, 0.4) is 0 Å². The maximum absolute atomic E-state index is 12.2. The van der Waals surface area contributed by atoms with Gasteiger partial charge in [-0.3, -0.25) is 14.5 Å². The molecular formula is C19H19NO5. The van der Waals surface area contributed by atoms with Gasteiger partial charge in [0.2, 0.25) is 5.91 Å². The second kappa shape index (κ2) is 8.19. The molecule has 1 amide bonds. The first kappa shape index (κ1) is 16.8. The molecule has 1 aliphatic heterocycles. The van der Waals surface area contributed by atoms with E-state index in [-0.39, 0.29) is 32.1 Å². The van der Waals surface area contributed by atoms with E-state index >= 15 is 0 Å². The number of fused-ring (bicyclic) bond motifs is 1. The van der Waals surface area contributed by atoms with Gasteiger partial charge in [-0.05, 0) is 24.3 Å². The summed E-state index contributed by atoms with van der Waals surface area (Å²) in [6.45, 7) is 0.522. The van der Waals surface area contributed by atoms with Crippen LogP contribution in [-0.4, -0.2) is 38.2 Å². The predicted molar refractivity (Wildman–Crippen MR) is 91.8 cm³/mol. The first-order valence-corrected chi connectivity index (χ1v) is 8.10. The van der Waals surface area contributed by atoms with E-state index in [1.54, 1.807) is 18.2 Å². The zero-order chi connectivity index (χ0) is 17.5. The zero-order valence-corrected chi connectivity index (χ0v) is 13.7. The van der Waals surface area contributed by atoms with Gasteiger partial charge in [-0.15, -0.1) is 0 Å². The van der Waals surface area contributed by atoms with Crippen molar-refractivity contribution < 1.29 is 23.8 Å². The quantitative estimate of drug-likeness (QED) is 0.596. The molecule has 1 heterocycles. The van der Waals surface area contributed by atoms with E-state index in [1.807, 2.05) is 36.4 Å². The van der Waals surface area contributed by atoms with E-state index in [0.717, 1.165) is 0 Å². The van der Waals surface area contributed by atoms with Crippen molar-refractivity contribution in [3.8, 4) is 11.5 Å². The number of rotatable bonds is 6. The second-order valence-corrected chi connectivity index (χ2v) is 5.43. The molecule has 0 aromatic heterocycles. The molecule has 6 nitrogen and oxygen atoms in total. The molecule has 6 heteroatoms. The topological polar surface area (TPSA) is 65.1 Å². The van der Waals surface area contributed by atoms with Crippen molar-refractivity contribution in [2.75, 3.05) is 31.3 Å². The third-order valence-corrected chi connectivity index (χ3v) is 3.68. The Morgan fingerprint density at radius 3 is 2.64 bits per heavy atom. The lowest BCUT2D eigenvalue weighted by molar-refractivity contribution is -0.143. The van der Waals surface area contributed by atoms with Gasteiger partial charge in [-0.1, -0.05) is 30.3 Å². The van der Waals surface area contributed by atoms with E-state index in [9.17, 15) is 9.59 Å². The minimum Gasteiger partial charge on any atom is -0.491 e. The number of ether oxygens (including phenoxy) is 3. The number of amides is 1. The van der Waals surface area contributed by atoms with Crippen LogP contribution in [0, 0.1) is 0 Å². The highest BCUT2D eigenvalue weighted by molar-refractivity contribution is 5.99. The van der Waals surface area contributed by atoms with E-state index < -0.39 is 5.97 Å². The van der Waals surface area contributed by atoms with Gasteiger partial charge in [0.05, 0.1) is 18.7 Å². The molecule has 0 N–H and O–H groups in total. The molecule has 0 saturated carbocycles. The van der Waals surface area contributed by atoms with Gasteiger partial charge in [-0.2, -0.15) is 0 Å². The molecule has 0 radical (unpaired) electrons. The first-order chi connectivity index (χ1) is 12.2. The van der Waals surface area contributed by atoms with Crippen LogP contribution >= 0.6 is 0 Å². The lowest BCUT2D eigenvalue weighted by Crippen LogP contribution is -2.36. The fourth-order valence-electron chi connectivity index (χ4n) is 2.50. The van der Waals surface area contributed by atoms with Crippen LogP contribution < -0.4 is 14.4 Å². The highest BCUT2D eigenvalue weighted by Crippen LogP contribution is 2.30. The molecule has 1 aliphatic rings. The largest absolute Gasteiger partial charge is 0.491 e. The Balaban J connectivity index is 1.52. The van der Waals surface area contributed by atoms with Gasteiger partial charge in [0, 0.05) is 0 Å². The molecule has 0 atom stereocenters. The van der Waals surface area contributed by atoms with Gasteiger partial charge in [-0.25, -0.2) is 0 Å². The Morgan fingerprint density at radius 1 is 1.04 bits per heavy atom. The van der Waals surface area contributed by atoms with Crippen molar-refractivity contribution in [1.82, 2.24) is 0 Å².